The number of fused-ring (bicyclic) bond motifs is 4. The number of aliphatic hydroxyl groups excluding tert-OH is 2. The van der Waals surface area contributed by atoms with Crippen molar-refractivity contribution in [3.63, 3.8) is 0 Å². The van der Waals surface area contributed by atoms with Gasteiger partial charge in [-0.05, 0) is 38.5 Å². The summed E-state index contributed by atoms with van der Waals surface area (Å²) in [6, 6.07) is 0. The Labute approximate surface area is 241 Å². The van der Waals surface area contributed by atoms with Gasteiger partial charge in [0.2, 0.25) is 0 Å². The second-order valence-electron chi connectivity index (χ2n) is 13.6. The molecule has 5 saturated heterocycles. The van der Waals surface area contributed by atoms with Crippen molar-refractivity contribution in [3.8, 4) is 0 Å². The standard InChI is InChI=1S/C30H46O11/c31-20-21(32)26(35-18-16-33-28(38-22(18)20)10-4-1-5-11-28)37-27-25-24(40-30(41-25)14-8-3-9-15-30)23-19(36-27)17-34-29(39-23)12-6-2-7-13-29/h18-27,31-32H,1-17H2/t18-,19-,20-,21-,22-,23-,24+,25-,26+,27+/m1/s1. The minimum Gasteiger partial charge on any atom is -0.387 e. The van der Waals surface area contributed by atoms with E-state index in [2.05, 4.69) is 0 Å². The van der Waals surface area contributed by atoms with Crippen LogP contribution in [0, 0.1) is 0 Å². The Kier molecular flexibility index (Phi) is 7.44. The van der Waals surface area contributed by atoms with Gasteiger partial charge in [-0.2, -0.15) is 0 Å². The molecule has 11 heteroatoms. The lowest BCUT2D eigenvalue weighted by atomic mass is 9.90. The molecule has 10 atom stereocenters. The quantitative estimate of drug-likeness (QED) is 0.500. The van der Waals surface area contributed by atoms with Crippen molar-refractivity contribution in [2.45, 2.75) is 175 Å². The third kappa shape index (κ3) is 5.01. The number of hydrogen-bond acceptors (Lipinski definition) is 11. The molecule has 3 spiro atoms. The summed E-state index contributed by atoms with van der Waals surface area (Å²) in [6.45, 7) is 0.637. The van der Waals surface area contributed by atoms with Gasteiger partial charge in [0.05, 0.1) is 13.2 Å². The zero-order valence-corrected chi connectivity index (χ0v) is 23.9. The molecular formula is C30H46O11. The Morgan fingerprint density at radius 3 is 1.54 bits per heavy atom. The second-order valence-corrected chi connectivity index (χ2v) is 13.6. The largest absolute Gasteiger partial charge is 0.387 e. The van der Waals surface area contributed by atoms with Gasteiger partial charge in [0.15, 0.2) is 29.9 Å². The van der Waals surface area contributed by atoms with Crippen LogP contribution >= 0.6 is 0 Å². The molecule has 5 aliphatic heterocycles. The molecule has 0 amide bonds. The van der Waals surface area contributed by atoms with Crippen LogP contribution in [0.2, 0.25) is 0 Å². The maximum absolute atomic E-state index is 11.2. The number of hydrogen-bond donors (Lipinski definition) is 2. The Morgan fingerprint density at radius 1 is 0.463 bits per heavy atom. The second kappa shape index (κ2) is 10.9. The maximum Gasteiger partial charge on any atom is 0.190 e. The van der Waals surface area contributed by atoms with Gasteiger partial charge in [0.25, 0.3) is 0 Å². The molecule has 41 heavy (non-hydrogen) atoms. The predicted octanol–water partition coefficient (Wildman–Crippen LogP) is 2.77. The molecule has 11 nitrogen and oxygen atoms in total. The molecule has 8 aliphatic rings. The Hall–Kier alpha value is -0.440. The molecular weight excluding hydrogens is 536 g/mol. The minimum absolute atomic E-state index is 0.267. The van der Waals surface area contributed by atoms with Gasteiger partial charge in [0.1, 0.15) is 48.8 Å². The molecule has 0 bridgehead atoms. The fourth-order valence-corrected chi connectivity index (χ4v) is 8.54. The molecule has 3 saturated carbocycles. The van der Waals surface area contributed by atoms with E-state index in [1.54, 1.807) is 0 Å². The summed E-state index contributed by atoms with van der Waals surface area (Å²) in [5.41, 5.74) is 0. The van der Waals surface area contributed by atoms with E-state index < -0.39 is 72.7 Å². The van der Waals surface area contributed by atoms with Gasteiger partial charge < -0.3 is 52.8 Å². The fraction of sp³-hybridized carbons (Fsp3) is 1.00. The van der Waals surface area contributed by atoms with Gasteiger partial charge >= 0.3 is 0 Å². The molecule has 5 heterocycles. The van der Waals surface area contributed by atoms with Gasteiger partial charge in [-0.1, -0.05) is 19.3 Å². The van der Waals surface area contributed by atoms with Crippen LogP contribution in [0.3, 0.4) is 0 Å². The first-order valence-electron chi connectivity index (χ1n) is 16.3. The maximum atomic E-state index is 11.2. The number of aliphatic hydroxyl groups is 2. The van der Waals surface area contributed by atoms with Crippen molar-refractivity contribution >= 4 is 0 Å². The highest BCUT2D eigenvalue weighted by Gasteiger charge is 2.63. The minimum atomic E-state index is -1.33. The first-order valence-corrected chi connectivity index (χ1v) is 16.3. The van der Waals surface area contributed by atoms with Crippen LogP contribution in [0.15, 0.2) is 0 Å². The SMILES string of the molecule is O[C@@H]1[C@@H](O)[C@H](O[C@@H]2O[C@@H]3COC4(CCCCC4)O[C@H]3[C@@H]3OC4(CCCCC4)O[C@@H]23)O[C@@H]2COC3(CCCCC3)O[C@@H]12. The van der Waals surface area contributed by atoms with Gasteiger partial charge in [0, 0.05) is 38.5 Å². The predicted molar refractivity (Wildman–Crippen MR) is 139 cm³/mol. The van der Waals surface area contributed by atoms with Crippen LogP contribution < -0.4 is 0 Å². The molecule has 0 aromatic heterocycles. The van der Waals surface area contributed by atoms with Crippen LogP contribution in [0.25, 0.3) is 0 Å². The summed E-state index contributed by atoms with van der Waals surface area (Å²) in [6.07, 6.45) is 7.15. The smallest absolute Gasteiger partial charge is 0.190 e. The van der Waals surface area contributed by atoms with E-state index in [4.69, 9.17) is 42.6 Å². The number of ether oxygens (including phenoxy) is 9. The van der Waals surface area contributed by atoms with Gasteiger partial charge in [-0.3, -0.25) is 0 Å². The molecule has 2 N–H and O–H groups in total. The highest BCUT2D eigenvalue weighted by atomic mass is 16.8. The molecule has 0 aromatic carbocycles. The van der Waals surface area contributed by atoms with E-state index in [9.17, 15) is 10.2 Å². The third-order valence-corrected chi connectivity index (χ3v) is 10.8. The van der Waals surface area contributed by atoms with E-state index in [0.29, 0.717) is 6.61 Å². The summed E-state index contributed by atoms with van der Waals surface area (Å²) < 4.78 is 57.9. The van der Waals surface area contributed by atoms with Crippen LogP contribution in [0.1, 0.15) is 96.3 Å². The summed E-state index contributed by atoms with van der Waals surface area (Å²) >= 11 is 0. The van der Waals surface area contributed by atoms with Crippen molar-refractivity contribution in [3.05, 3.63) is 0 Å². The summed E-state index contributed by atoms with van der Waals surface area (Å²) in [5, 5.41) is 22.4. The summed E-state index contributed by atoms with van der Waals surface area (Å²) in [4.78, 5) is 0. The van der Waals surface area contributed by atoms with Crippen LogP contribution in [0.5, 0.6) is 0 Å². The van der Waals surface area contributed by atoms with E-state index >= 15 is 0 Å². The highest BCUT2D eigenvalue weighted by molar-refractivity contribution is 5.03. The molecule has 3 aliphatic carbocycles. The van der Waals surface area contributed by atoms with E-state index in [0.717, 1.165) is 89.9 Å². The topological polar surface area (TPSA) is 124 Å². The van der Waals surface area contributed by atoms with Gasteiger partial charge in [-0.15, -0.1) is 0 Å². The van der Waals surface area contributed by atoms with Crippen molar-refractivity contribution < 1.29 is 52.8 Å². The van der Waals surface area contributed by atoms with Gasteiger partial charge in [-0.25, -0.2) is 0 Å². The van der Waals surface area contributed by atoms with Crippen molar-refractivity contribution in [2.24, 2.45) is 0 Å². The Balaban J connectivity index is 1.00. The Bertz CT molecular complexity index is 927. The Morgan fingerprint density at radius 2 is 0.927 bits per heavy atom. The van der Waals surface area contributed by atoms with Crippen molar-refractivity contribution in [2.75, 3.05) is 13.2 Å². The highest BCUT2D eigenvalue weighted by Crippen LogP contribution is 2.50. The lowest BCUT2D eigenvalue weighted by molar-refractivity contribution is -0.427. The van der Waals surface area contributed by atoms with E-state index in [1.165, 1.54) is 6.42 Å². The zero-order chi connectivity index (χ0) is 27.7. The first-order chi connectivity index (χ1) is 20.0. The van der Waals surface area contributed by atoms with E-state index in [1.807, 2.05) is 0 Å². The molecule has 0 unspecified atom stereocenters. The average Bonchev–Trinajstić information content (AvgIpc) is 3.37. The fourth-order valence-electron chi connectivity index (χ4n) is 8.54. The lowest BCUT2D eigenvalue weighted by Crippen LogP contribution is -2.68. The molecule has 0 radical (unpaired) electrons. The van der Waals surface area contributed by atoms with Crippen LogP contribution in [-0.4, -0.2) is 102 Å². The molecule has 8 fully saturated rings. The normalized spacial score (nSPS) is 48.4. The zero-order valence-electron chi connectivity index (χ0n) is 23.9. The molecule has 0 aromatic rings. The van der Waals surface area contributed by atoms with Crippen molar-refractivity contribution in [1.82, 2.24) is 0 Å². The van der Waals surface area contributed by atoms with Crippen LogP contribution in [-0.2, 0) is 42.6 Å². The molecule has 8 rings (SSSR count). The average molecular weight is 583 g/mol. The summed E-state index contributed by atoms with van der Waals surface area (Å²) in [7, 11) is 0. The monoisotopic (exact) mass is 582 g/mol. The molecule has 232 valence electrons. The lowest BCUT2D eigenvalue weighted by Gasteiger charge is -2.53. The first kappa shape index (κ1) is 28.1. The van der Waals surface area contributed by atoms with Crippen LogP contribution in [0.4, 0.5) is 0 Å². The van der Waals surface area contributed by atoms with Crippen molar-refractivity contribution in [1.29, 1.82) is 0 Å². The summed E-state index contributed by atoms with van der Waals surface area (Å²) in [5.74, 6) is -1.98. The third-order valence-electron chi connectivity index (χ3n) is 10.8. The number of rotatable bonds is 2. The van der Waals surface area contributed by atoms with E-state index in [-0.39, 0.29) is 12.7 Å².